The Bertz CT molecular complexity index is 1030. The second kappa shape index (κ2) is 11.2. The molecule has 0 radical (unpaired) electrons. The number of phenolic OH excluding ortho intramolecular Hbond substituents is 1. The van der Waals surface area contributed by atoms with Crippen LogP contribution < -0.4 is 16.0 Å². The Morgan fingerprint density at radius 2 is 1.81 bits per heavy atom. The van der Waals surface area contributed by atoms with E-state index in [1.54, 1.807) is 12.1 Å². The molecule has 0 saturated heterocycles. The molecule has 1 aliphatic heterocycles. The molecule has 2 aromatic carbocycles. The number of anilines is 3. The number of allylic oxidation sites excluding steroid dienone is 5. The monoisotopic (exact) mass is 430 g/mol. The predicted molar refractivity (Wildman–Crippen MR) is 138 cm³/mol. The smallest absolute Gasteiger partial charge is 0.138 e. The fourth-order valence-electron chi connectivity index (χ4n) is 3.67. The maximum absolute atomic E-state index is 9.67. The van der Waals surface area contributed by atoms with E-state index in [1.807, 2.05) is 25.3 Å². The average Bonchev–Trinajstić information content (AvgIpc) is 3.33. The molecule has 0 amide bonds. The van der Waals surface area contributed by atoms with Crippen LogP contribution in [0.5, 0.6) is 5.75 Å². The number of nitrogens with one attached hydrogen (secondary N) is 1. The lowest BCUT2D eigenvalue weighted by atomic mass is 10.1. The zero-order chi connectivity index (χ0) is 22.9. The maximum atomic E-state index is 9.67. The van der Waals surface area contributed by atoms with Gasteiger partial charge in [-0.15, -0.1) is 0 Å². The third-order valence-corrected chi connectivity index (χ3v) is 5.44. The van der Waals surface area contributed by atoms with Crippen LogP contribution in [0, 0.1) is 0 Å². The Kier molecular flexibility index (Phi) is 8.14. The summed E-state index contributed by atoms with van der Waals surface area (Å²) in [5.74, 6) is 0.103. The summed E-state index contributed by atoms with van der Waals surface area (Å²) in [6, 6.07) is 13.9. The second-order valence-electron chi connectivity index (χ2n) is 8.03. The summed E-state index contributed by atoms with van der Waals surface area (Å²) in [4.78, 5) is 6.95. The van der Waals surface area contributed by atoms with Gasteiger partial charge >= 0.3 is 0 Å². The predicted octanol–water partition coefficient (Wildman–Crippen LogP) is 6.36. The molecule has 5 nitrogen and oxygen atoms in total. The fraction of sp³-hybridized carbons (Fsp3) is 0.296. The van der Waals surface area contributed by atoms with E-state index in [0.29, 0.717) is 5.69 Å². The van der Waals surface area contributed by atoms with Gasteiger partial charge in [-0.3, -0.25) is 4.99 Å². The molecule has 0 spiro atoms. The molecule has 0 saturated carbocycles. The lowest BCUT2D eigenvalue weighted by molar-refractivity contribution is 0.478. The number of nitrogen functional groups attached to an aromatic ring is 1. The standard InChI is InChI=1S/C27H34N4O/c1-4-17-31(18-5-2)23-12-10-22(11-13-23)30-26(25-7-6-16-29-25)14-8-20(3)21-9-15-27(32)24(28)19-21/h6,8-16,19,30,32H,4-5,7,17-18,28H2,1-3H3/b20-8+,26-14+. The third-order valence-electron chi connectivity index (χ3n) is 5.44. The Labute approximate surface area is 191 Å². The molecular weight excluding hydrogens is 396 g/mol. The molecule has 168 valence electrons. The summed E-state index contributed by atoms with van der Waals surface area (Å²) in [6.07, 6.45) is 11.1. The molecular formula is C27H34N4O. The van der Waals surface area contributed by atoms with Crippen molar-refractivity contribution in [3.05, 3.63) is 78.2 Å². The van der Waals surface area contributed by atoms with Crippen molar-refractivity contribution in [2.24, 2.45) is 4.99 Å². The first-order valence-corrected chi connectivity index (χ1v) is 11.3. The molecule has 5 heteroatoms. The molecule has 0 fully saturated rings. The van der Waals surface area contributed by atoms with Crippen molar-refractivity contribution in [3.8, 4) is 5.75 Å². The quantitative estimate of drug-likeness (QED) is 0.233. The van der Waals surface area contributed by atoms with Crippen LogP contribution in [0.25, 0.3) is 5.57 Å². The van der Waals surface area contributed by atoms with E-state index in [0.717, 1.165) is 60.6 Å². The van der Waals surface area contributed by atoms with Crippen molar-refractivity contribution >= 4 is 28.3 Å². The number of rotatable bonds is 10. The summed E-state index contributed by atoms with van der Waals surface area (Å²) >= 11 is 0. The minimum absolute atomic E-state index is 0.103. The normalized spacial score (nSPS) is 13.9. The number of hydrogen-bond acceptors (Lipinski definition) is 5. The molecule has 3 rings (SSSR count). The molecule has 2 aromatic rings. The summed E-state index contributed by atoms with van der Waals surface area (Å²) in [5.41, 5.74) is 12.5. The summed E-state index contributed by atoms with van der Waals surface area (Å²) in [6.45, 7) is 8.60. The van der Waals surface area contributed by atoms with Crippen molar-refractivity contribution in [2.75, 3.05) is 29.0 Å². The van der Waals surface area contributed by atoms with E-state index in [2.05, 4.69) is 65.5 Å². The van der Waals surface area contributed by atoms with Gasteiger partial charge in [-0.25, -0.2) is 0 Å². The van der Waals surface area contributed by atoms with Crippen LogP contribution >= 0.6 is 0 Å². The van der Waals surface area contributed by atoms with Gasteiger partial charge in [-0.05, 0) is 73.4 Å². The lowest BCUT2D eigenvalue weighted by Gasteiger charge is -2.24. The molecule has 0 aromatic heterocycles. The van der Waals surface area contributed by atoms with E-state index >= 15 is 0 Å². The van der Waals surface area contributed by atoms with E-state index in [-0.39, 0.29) is 5.75 Å². The highest BCUT2D eigenvalue weighted by molar-refractivity contribution is 6.05. The van der Waals surface area contributed by atoms with Gasteiger partial charge < -0.3 is 21.1 Å². The van der Waals surface area contributed by atoms with Crippen LogP contribution in [0.2, 0.25) is 0 Å². The summed E-state index contributed by atoms with van der Waals surface area (Å²) in [5, 5.41) is 13.2. The molecule has 0 bridgehead atoms. The molecule has 1 aliphatic rings. The van der Waals surface area contributed by atoms with Crippen molar-refractivity contribution in [3.63, 3.8) is 0 Å². The number of phenols is 1. The molecule has 0 unspecified atom stereocenters. The Hall–Kier alpha value is -3.47. The maximum Gasteiger partial charge on any atom is 0.138 e. The van der Waals surface area contributed by atoms with Gasteiger partial charge in [0, 0.05) is 37.1 Å². The van der Waals surface area contributed by atoms with Gasteiger partial charge in [-0.1, -0.05) is 32.1 Å². The molecule has 1 heterocycles. The Morgan fingerprint density at radius 3 is 2.41 bits per heavy atom. The van der Waals surface area contributed by atoms with Gasteiger partial charge in [0.15, 0.2) is 0 Å². The Balaban J connectivity index is 1.81. The number of nitrogens with two attached hydrogens (primary N) is 1. The molecule has 0 aliphatic carbocycles. The first kappa shape index (κ1) is 23.2. The van der Waals surface area contributed by atoms with Crippen molar-refractivity contribution in [2.45, 2.75) is 40.0 Å². The molecule has 32 heavy (non-hydrogen) atoms. The van der Waals surface area contributed by atoms with Crippen LogP contribution in [0.4, 0.5) is 17.1 Å². The van der Waals surface area contributed by atoms with Crippen LogP contribution in [0.15, 0.2) is 77.6 Å². The van der Waals surface area contributed by atoms with Crippen molar-refractivity contribution in [1.29, 1.82) is 0 Å². The number of nitrogens with zero attached hydrogens (tertiary/aromatic N) is 2. The minimum atomic E-state index is 0.103. The zero-order valence-corrected chi connectivity index (χ0v) is 19.3. The summed E-state index contributed by atoms with van der Waals surface area (Å²) in [7, 11) is 0. The van der Waals surface area contributed by atoms with Crippen LogP contribution in [-0.4, -0.2) is 23.9 Å². The summed E-state index contributed by atoms with van der Waals surface area (Å²) < 4.78 is 0. The SMILES string of the molecule is CCCN(CCC)c1ccc(N/C(=C/C=C(\C)c2ccc(O)c(N)c2)C2=NC=CC2)cc1. The molecule has 4 N–H and O–H groups in total. The van der Waals surface area contributed by atoms with Crippen molar-refractivity contribution in [1.82, 2.24) is 0 Å². The zero-order valence-electron chi connectivity index (χ0n) is 19.3. The van der Waals surface area contributed by atoms with E-state index in [9.17, 15) is 5.11 Å². The van der Waals surface area contributed by atoms with Gasteiger partial charge in [0.05, 0.1) is 17.1 Å². The fourth-order valence-corrected chi connectivity index (χ4v) is 3.67. The molecule has 0 atom stereocenters. The van der Waals surface area contributed by atoms with E-state index in [1.165, 1.54) is 5.69 Å². The number of aliphatic imine (C=N–C) groups is 1. The van der Waals surface area contributed by atoms with Crippen LogP contribution in [0.1, 0.15) is 45.6 Å². The van der Waals surface area contributed by atoms with Crippen molar-refractivity contribution < 1.29 is 5.11 Å². The van der Waals surface area contributed by atoms with E-state index in [4.69, 9.17) is 5.73 Å². The number of benzene rings is 2. The first-order chi connectivity index (χ1) is 15.5. The van der Waals surface area contributed by atoms with Gasteiger partial charge in [0.25, 0.3) is 0 Å². The third kappa shape index (κ3) is 6.03. The van der Waals surface area contributed by atoms with Crippen LogP contribution in [0.3, 0.4) is 0 Å². The topological polar surface area (TPSA) is 73.9 Å². The van der Waals surface area contributed by atoms with Crippen LogP contribution in [-0.2, 0) is 0 Å². The van der Waals surface area contributed by atoms with E-state index < -0.39 is 0 Å². The lowest BCUT2D eigenvalue weighted by Crippen LogP contribution is -2.24. The number of hydrogen-bond donors (Lipinski definition) is 3. The van der Waals surface area contributed by atoms with Gasteiger partial charge in [0.1, 0.15) is 5.75 Å². The largest absolute Gasteiger partial charge is 0.506 e. The number of aromatic hydroxyl groups is 1. The van der Waals surface area contributed by atoms with Gasteiger partial charge in [-0.2, -0.15) is 0 Å². The average molecular weight is 431 g/mol. The highest BCUT2D eigenvalue weighted by Crippen LogP contribution is 2.25. The first-order valence-electron chi connectivity index (χ1n) is 11.3. The Morgan fingerprint density at radius 1 is 1.09 bits per heavy atom. The van der Waals surface area contributed by atoms with Gasteiger partial charge in [0.2, 0.25) is 0 Å². The highest BCUT2D eigenvalue weighted by Gasteiger charge is 2.10. The highest BCUT2D eigenvalue weighted by atomic mass is 16.3. The minimum Gasteiger partial charge on any atom is -0.506 e. The second-order valence-corrected chi connectivity index (χ2v) is 8.03.